The SMILES string of the molecule is COCC(=O)Nc1cccc2c1C(=O)N(C1CC(O)C(=O)NC1=O)C2=O. The number of amides is 5. The molecule has 136 valence electrons. The van der Waals surface area contributed by atoms with Gasteiger partial charge in [-0.1, -0.05) is 6.07 Å². The van der Waals surface area contributed by atoms with Crippen molar-refractivity contribution >= 4 is 35.2 Å². The Labute approximate surface area is 147 Å². The Bertz CT molecular complexity index is 835. The van der Waals surface area contributed by atoms with E-state index < -0.39 is 41.7 Å². The Morgan fingerprint density at radius 1 is 1.27 bits per heavy atom. The number of fused-ring (bicyclic) bond motifs is 1. The predicted molar refractivity (Wildman–Crippen MR) is 85.0 cm³/mol. The molecule has 0 saturated carbocycles. The van der Waals surface area contributed by atoms with Crippen LogP contribution in [0.5, 0.6) is 0 Å². The number of piperidine rings is 1. The van der Waals surface area contributed by atoms with Crippen molar-refractivity contribution in [1.82, 2.24) is 10.2 Å². The third-order valence-corrected chi connectivity index (χ3v) is 4.11. The molecule has 1 saturated heterocycles. The van der Waals surface area contributed by atoms with Crippen molar-refractivity contribution in [3.8, 4) is 0 Å². The molecule has 26 heavy (non-hydrogen) atoms. The smallest absolute Gasteiger partial charge is 0.264 e. The molecule has 2 atom stereocenters. The van der Waals surface area contributed by atoms with Crippen molar-refractivity contribution in [2.24, 2.45) is 0 Å². The first kappa shape index (κ1) is 17.7. The fourth-order valence-electron chi connectivity index (χ4n) is 2.94. The second-order valence-electron chi connectivity index (χ2n) is 5.81. The minimum absolute atomic E-state index is 0.0180. The van der Waals surface area contributed by atoms with Crippen LogP contribution in [-0.4, -0.2) is 65.4 Å². The summed E-state index contributed by atoms with van der Waals surface area (Å²) in [5.74, 6) is -3.78. The average Bonchev–Trinajstić information content (AvgIpc) is 2.83. The molecule has 5 amide bonds. The molecule has 1 aromatic carbocycles. The molecule has 3 N–H and O–H groups in total. The molecule has 2 aliphatic rings. The van der Waals surface area contributed by atoms with Crippen LogP contribution in [0, 0.1) is 0 Å². The number of ether oxygens (including phenoxy) is 1. The van der Waals surface area contributed by atoms with Crippen LogP contribution in [0.4, 0.5) is 5.69 Å². The lowest BCUT2D eigenvalue weighted by Gasteiger charge is -2.30. The van der Waals surface area contributed by atoms with Gasteiger partial charge in [0, 0.05) is 13.5 Å². The minimum atomic E-state index is -1.51. The molecule has 2 unspecified atom stereocenters. The quantitative estimate of drug-likeness (QED) is 0.562. The van der Waals surface area contributed by atoms with Crippen LogP contribution in [0.1, 0.15) is 27.1 Å². The molecule has 2 heterocycles. The summed E-state index contributed by atoms with van der Waals surface area (Å²) in [5.41, 5.74) is 0.0730. The Morgan fingerprint density at radius 2 is 2.00 bits per heavy atom. The van der Waals surface area contributed by atoms with Gasteiger partial charge < -0.3 is 15.2 Å². The van der Waals surface area contributed by atoms with Crippen LogP contribution in [0.25, 0.3) is 0 Å². The van der Waals surface area contributed by atoms with E-state index in [9.17, 15) is 29.1 Å². The average molecular weight is 361 g/mol. The van der Waals surface area contributed by atoms with Crippen LogP contribution in [-0.2, 0) is 19.1 Å². The van der Waals surface area contributed by atoms with Gasteiger partial charge in [-0.05, 0) is 12.1 Å². The molecule has 1 fully saturated rings. The number of hydrogen-bond donors (Lipinski definition) is 3. The highest BCUT2D eigenvalue weighted by molar-refractivity contribution is 6.26. The molecule has 0 bridgehead atoms. The molecule has 2 aliphatic heterocycles. The number of benzene rings is 1. The van der Waals surface area contributed by atoms with E-state index in [2.05, 4.69) is 5.32 Å². The molecular weight excluding hydrogens is 346 g/mol. The highest BCUT2D eigenvalue weighted by atomic mass is 16.5. The largest absolute Gasteiger partial charge is 0.383 e. The van der Waals surface area contributed by atoms with E-state index in [0.717, 1.165) is 0 Å². The summed E-state index contributed by atoms with van der Waals surface area (Å²) < 4.78 is 4.71. The second-order valence-corrected chi connectivity index (χ2v) is 5.81. The van der Waals surface area contributed by atoms with Crippen molar-refractivity contribution in [2.45, 2.75) is 18.6 Å². The maximum atomic E-state index is 12.8. The summed E-state index contributed by atoms with van der Waals surface area (Å²) in [6.45, 7) is -0.241. The van der Waals surface area contributed by atoms with Crippen LogP contribution in [0.3, 0.4) is 0 Å². The monoisotopic (exact) mass is 361 g/mol. The van der Waals surface area contributed by atoms with Gasteiger partial charge >= 0.3 is 0 Å². The summed E-state index contributed by atoms with van der Waals surface area (Å²) in [5, 5.41) is 14.1. The number of methoxy groups -OCH3 is 1. The normalized spacial score (nSPS) is 22.3. The molecule has 3 rings (SSSR count). The number of anilines is 1. The van der Waals surface area contributed by atoms with Crippen LogP contribution in [0.15, 0.2) is 18.2 Å². The lowest BCUT2D eigenvalue weighted by molar-refractivity contribution is -0.143. The minimum Gasteiger partial charge on any atom is -0.383 e. The summed E-state index contributed by atoms with van der Waals surface area (Å²) in [7, 11) is 1.33. The second kappa shape index (κ2) is 6.65. The molecule has 0 aromatic heterocycles. The third kappa shape index (κ3) is 2.85. The van der Waals surface area contributed by atoms with Gasteiger partial charge in [0.05, 0.1) is 16.8 Å². The van der Waals surface area contributed by atoms with Crippen molar-refractivity contribution in [1.29, 1.82) is 0 Å². The number of carbonyl (C=O) groups excluding carboxylic acids is 5. The van der Waals surface area contributed by atoms with Gasteiger partial charge in [0.25, 0.3) is 17.7 Å². The predicted octanol–water partition coefficient (Wildman–Crippen LogP) is -1.36. The van der Waals surface area contributed by atoms with E-state index in [1.807, 2.05) is 5.32 Å². The summed E-state index contributed by atoms with van der Waals surface area (Å²) >= 11 is 0. The molecular formula is C16H15N3O7. The number of nitrogens with zero attached hydrogens (tertiary/aromatic N) is 1. The van der Waals surface area contributed by atoms with Crippen LogP contribution in [0.2, 0.25) is 0 Å². The zero-order chi connectivity index (χ0) is 19.0. The lowest BCUT2D eigenvalue weighted by atomic mass is 10.0. The van der Waals surface area contributed by atoms with Crippen LogP contribution >= 0.6 is 0 Å². The zero-order valence-corrected chi connectivity index (χ0v) is 13.6. The molecule has 10 heteroatoms. The number of rotatable bonds is 4. The van der Waals surface area contributed by atoms with E-state index in [-0.39, 0.29) is 29.8 Å². The summed E-state index contributed by atoms with van der Waals surface area (Å²) in [6.07, 6.45) is -1.90. The maximum Gasteiger partial charge on any atom is 0.264 e. The van der Waals surface area contributed by atoms with E-state index in [1.54, 1.807) is 0 Å². The van der Waals surface area contributed by atoms with Crippen molar-refractivity contribution in [3.63, 3.8) is 0 Å². The standard InChI is InChI=1S/C16H15N3O7/c1-26-6-11(21)17-8-4-2-3-7-12(8)16(25)19(15(7)24)9-5-10(20)14(23)18-13(9)22/h2-4,9-10,20H,5-6H2,1H3,(H,17,21)(H,18,22,23). The Kier molecular flexibility index (Phi) is 4.53. The van der Waals surface area contributed by atoms with Gasteiger partial charge in [-0.3, -0.25) is 34.2 Å². The van der Waals surface area contributed by atoms with Gasteiger partial charge in [-0.15, -0.1) is 0 Å². The molecule has 0 aliphatic carbocycles. The van der Waals surface area contributed by atoms with E-state index >= 15 is 0 Å². The zero-order valence-electron chi connectivity index (χ0n) is 13.6. The van der Waals surface area contributed by atoms with Gasteiger partial charge in [0.15, 0.2) is 0 Å². The highest BCUT2D eigenvalue weighted by Crippen LogP contribution is 2.32. The number of aliphatic hydroxyl groups excluding tert-OH is 1. The molecule has 0 radical (unpaired) electrons. The Morgan fingerprint density at radius 3 is 2.69 bits per heavy atom. The number of carbonyl (C=O) groups is 5. The first-order chi connectivity index (χ1) is 12.3. The molecule has 0 spiro atoms. The lowest BCUT2D eigenvalue weighted by Crippen LogP contribution is -2.58. The maximum absolute atomic E-state index is 12.8. The van der Waals surface area contributed by atoms with Crippen molar-refractivity contribution < 1.29 is 33.8 Å². The van der Waals surface area contributed by atoms with Gasteiger partial charge in [-0.2, -0.15) is 0 Å². The summed E-state index contributed by atoms with van der Waals surface area (Å²) in [4.78, 5) is 61.2. The van der Waals surface area contributed by atoms with Crippen molar-refractivity contribution in [3.05, 3.63) is 29.3 Å². The van der Waals surface area contributed by atoms with E-state index in [0.29, 0.717) is 4.90 Å². The first-order valence-electron chi connectivity index (χ1n) is 7.67. The number of nitrogens with one attached hydrogen (secondary N) is 2. The third-order valence-electron chi connectivity index (χ3n) is 4.11. The van der Waals surface area contributed by atoms with E-state index in [1.165, 1.54) is 25.3 Å². The highest BCUT2D eigenvalue weighted by Gasteiger charge is 2.47. The van der Waals surface area contributed by atoms with Gasteiger partial charge in [0.2, 0.25) is 11.8 Å². The molecule has 1 aromatic rings. The fourth-order valence-corrected chi connectivity index (χ4v) is 2.94. The number of hydrogen-bond acceptors (Lipinski definition) is 7. The topological polar surface area (TPSA) is 142 Å². The Balaban J connectivity index is 1.94. The molecule has 10 nitrogen and oxygen atoms in total. The van der Waals surface area contributed by atoms with Crippen LogP contribution < -0.4 is 10.6 Å². The van der Waals surface area contributed by atoms with Gasteiger partial charge in [-0.25, -0.2) is 0 Å². The van der Waals surface area contributed by atoms with Gasteiger partial charge in [0.1, 0.15) is 18.8 Å². The Hall–Kier alpha value is -3.11. The van der Waals surface area contributed by atoms with Crippen molar-refractivity contribution in [2.75, 3.05) is 19.0 Å². The fraction of sp³-hybridized carbons (Fsp3) is 0.312. The van der Waals surface area contributed by atoms with E-state index in [4.69, 9.17) is 4.74 Å². The summed E-state index contributed by atoms with van der Waals surface area (Å²) in [6, 6.07) is 3.00. The number of imide groups is 2. The number of aliphatic hydroxyl groups is 1. The first-order valence-corrected chi connectivity index (χ1v) is 7.67.